The molecule has 5 nitrogen and oxygen atoms in total. The number of hydrogen-bond acceptors (Lipinski definition) is 3. The Morgan fingerprint density at radius 2 is 2.19 bits per heavy atom. The highest BCUT2D eigenvalue weighted by molar-refractivity contribution is 5.92. The molecule has 0 aliphatic rings. The third-order valence-electron chi connectivity index (χ3n) is 3.11. The van der Waals surface area contributed by atoms with Gasteiger partial charge < -0.3 is 14.6 Å². The molecule has 0 saturated heterocycles. The maximum atomic E-state index is 12.3. The number of benzene rings is 1. The molecule has 108 valence electrons. The van der Waals surface area contributed by atoms with Crippen LogP contribution < -0.4 is 0 Å². The van der Waals surface area contributed by atoms with Gasteiger partial charge in [0.1, 0.15) is 12.3 Å². The van der Waals surface area contributed by atoms with Crippen molar-refractivity contribution in [2.75, 3.05) is 13.7 Å². The summed E-state index contributed by atoms with van der Waals surface area (Å²) in [6.07, 6.45) is 3.15. The second-order valence-corrected chi connectivity index (χ2v) is 4.67. The maximum absolute atomic E-state index is 12.3. The predicted octanol–water partition coefficient (Wildman–Crippen LogP) is 1.04. The van der Waals surface area contributed by atoms with Crippen LogP contribution in [0.4, 0.5) is 0 Å². The number of aliphatic hydroxyl groups excluding tert-OH is 1. The molecule has 0 radical (unpaired) electrons. The van der Waals surface area contributed by atoms with Crippen molar-refractivity contribution >= 4 is 5.91 Å². The van der Waals surface area contributed by atoms with E-state index in [0.717, 1.165) is 11.1 Å². The summed E-state index contributed by atoms with van der Waals surface area (Å²) in [7, 11) is 3.53. The normalized spacial score (nSPS) is 9.86. The van der Waals surface area contributed by atoms with E-state index < -0.39 is 0 Å². The van der Waals surface area contributed by atoms with Gasteiger partial charge in [0.2, 0.25) is 0 Å². The molecular weight excluding hydrogens is 266 g/mol. The fraction of sp³-hybridized carbons (Fsp3) is 0.250. The molecule has 1 N–H and O–H groups in total. The molecule has 0 fully saturated rings. The van der Waals surface area contributed by atoms with Crippen molar-refractivity contribution in [2.24, 2.45) is 7.05 Å². The first-order valence-electron chi connectivity index (χ1n) is 6.53. The van der Waals surface area contributed by atoms with E-state index in [1.165, 1.54) is 0 Å². The van der Waals surface area contributed by atoms with E-state index in [1.54, 1.807) is 36.1 Å². The Labute approximate surface area is 123 Å². The Hall–Kier alpha value is -2.58. The van der Waals surface area contributed by atoms with Crippen molar-refractivity contribution in [1.29, 1.82) is 0 Å². The molecule has 0 bridgehead atoms. The number of aromatic nitrogens is 2. The Morgan fingerprint density at radius 3 is 2.86 bits per heavy atom. The van der Waals surface area contributed by atoms with E-state index in [-0.39, 0.29) is 12.5 Å². The zero-order chi connectivity index (χ0) is 15.2. The quantitative estimate of drug-likeness (QED) is 0.856. The Kier molecular flexibility index (Phi) is 4.75. The van der Waals surface area contributed by atoms with E-state index >= 15 is 0 Å². The van der Waals surface area contributed by atoms with Gasteiger partial charge in [-0.25, -0.2) is 4.98 Å². The Balaban J connectivity index is 2.18. The Bertz CT molecular complexity index is 695. The molecule has 0 saturated carbocycles. The lowest BCUT2D eigenvalue weighted by atomic mass is 10.1. The van der Waals surface area contributed by atoms with Crippen LogP contribution in [0.2, 0.25) is 0 Å². The number of aryl methyl sites for hydroxylation is 1. The molecule has 1 heterocycles. The van der Waals surface area contributed by atoms with Crippen LogP contribution >= 0.6 is 0 Å². The summed E-state index contributed by atoms with van der Waals surface area (Å²) in [5, 5.41) is 8.80. The van der Waals surface area contributed by atoms with Crippen molar-refractivity contribution in [1.82, 2.24) is 14.5 Å². The molecule has 0 atom stereocenters. The first-order valence-corrected chi connectivity index (χ1v) is 6.53. The third kappa shape index (κ3) is 3.50. The van der Waals surface area contributed by atoms with Gasteiger partial charge in [-0.1, -0.05) is 30.0 Å². The van der Waals surface area contributed by atoms with Gasteiger partial charge >= 0.3 is 0 Å². The summed E-state index contributed by atoms with van der Waals surface area (Å²) in [5.41, 5.74) is 2.30. The molecule has 1 amide bonds. The Morgan fingerprint density at radius 1 is 1.43 bits per heavy atom. The van der Waals surface area contributed by atoms with Gasteiger partial charge in [0.15, 0.2) is 0 Å². The molecule has 0 aliphatic heterocycles. The van der Waals surface area contributed by atoms with Crippen LogP contribution in [0.1, 0.15) is 21.6 Å². The molecule has 1 aromatic heterocycles. The molecule has 0 aliphatic carbocycles. The monoisotopic (exact) mass is 283 g/mol. The fourth-order valence-electron chi connectivity index (χ4n) is 2.00. The van der Waals surface area contributed by atoms with E-state index in [9.17, 15) is 4.79 Å². The number of amides is 1. The number of carbonyl (C=O) groups excluding carboxylic acids is 1. The van der Waals surface area contributed by atoms with Gasteiger partial charge in [0.05, 0.1) is 12.5 Å². The molecule has 1 aromatic carbocycles. The summed E-state index contributed by atoms with van der Waals surface area (Å²) in [5.74, 6) is 5.43. The van der Waals surface area contributed by atoms with Gasteiger partial charge in [0.25, 0.3) is 5.91 Å². The topological polar surface area (TPSA) is 58.4 Å². The van der Waals surface area contributed by atoms with Gasteiger partial charge in [0, 0.05) is 26.2 Å². The molecule has 2 rings (SSSR count). The number of rotatable bonds is 3. The lowest BCUT2D eigenvalue weighted by molar-refractivity contribution is 0.0775. The van der Waals surface area contributed by atoms with Crippen LogP contribution in [0.5, 0.6) is 0 Å². The maximum Gasteiger partial charge on any atom is 0.272 e. The number of aliphatic hydroxyl groups is 1. The van der Waals surface area contributed by atoms with Crippen molar-refractivity contribution in [3.05, 3.63) is 53.6 Å². The summed E-state index contributed by atoms with van der Waals surface area (Å²) < 4.78 is 1.69. The zero-order valence-corrected chi connectivity index (χ0v) is 12.1. The highest BCUT2D eigenvalue weighted by Gasteiger charge is 2.16. The van der Waals surface area contributed by atoms with Crippen LogP contribution in [0.3, 0.4) is 0 Å². The lowest BCUT2D eigenvalue weighted by Crippen LogP contribution is -2.28. The average Bonchev–Trinajstić information content (AvgIpc) is 2.91. The first-order chi connectivity index (χ1) is 10.1. The van der Waals surface area contributed by atoms with Crippen LogP contribution in [0, 0.1) is 11.8 Å². The third-order valence-corrected chi connectivity index (χ3v) is 3.11. The standard InChI is InChI=1S/C16H17N3O2/c1-18(16(21)15-10-17-12-19(15)2)11-14-7-4-3-6-13(14)8-5-9-20/h3-4,6-7,10,12,20H,9,11H2,1-2H3. The highest BCUT2D eigenvalue weighted by Crippen LogP contribution is 2.12. The van der Waals surface area contributed by atoms with Gasteiger partial charge in [-0.05, 0) is 11.6 Å². The molecule has 5 heteroatoms. The lowest BCUT2D eigenvalue weighted by Gasteiger charge is -2.18. The van der Waals surface area contributed by atoms with Gasteiger partial charge in [-0.3, -0.25) is 4.79 Å². The highest BCUT2D eigenvalue weighted by atomic mass is 16.2. The van der Waals surface area contributed by atoms with Gasteiger partial charge in [-0.15, -0.1) is 0 Å². The molecule has 21 heavy (non-hydrogen) atoms. The molecule has 0 unspecified atom stereocenters. The zero-order valence-electron chi connectivity index (χ0n) is 12.1. The van der Waals surface area contributed by atoms with Crippen molar-refractivity contribution < 1.29 is 9.90 Å². The predicted molar refractivity (Wildman–Crippen MR) is 79.4 cm³/mol. The summed E-state index contributed by atoms with van der Waals surface area (Å²) in [4.78, 5) is 17.9. The van der Waals surface area contributed by atoms with Crippen LogP contribution in [0.25, 0.3) is 0 Å². The van der Waals surface area contributed by atoms with E-state index in [0.29, 0.717) is 12.2 Å². The number of carbonyl (C=O) groups is 1. The summed E-state index contributed by atoms with van der Waals surface area (Å²) in [6, 6.07) is 7.59. The minimum absolute atomic E-state index is 0.0973. The largest absolute Gasteiger partial charge is 0.384 e. The van der Waals surface area contributed by atoms with E-state index in [4.69, 9.17) is 5.11 Å². The van der Waals surface area contributed by atoms with Crippen LogP contribution in [-0.2, 0) is 13.6 Å². The first kappa shape index (κ1) is 14.8. The second-order valence-electron chi connectivity index (χ2n) is 4.67. The van der Waals surface area contributed by atoms with E-state index in [2.05, 4.69) is 16.8 Å². The number of imidazole rings is 1. The SMILES string of the molecule is CN(Cc1ccccc1C#CCO)C(=O)c1cncn1C. The van der Waals surface area contributed by atoms with Crippen LogP contribution in [-0.4, -0.2) is 39.1 Å². The molecular formula is C16H17N3O2. The smallest absolute Gasteiger partial charge is 0.272 e. The molecule has 2 aromatic rings. The average molecular weight is 283 g/mol. The number of nitrogens with zero attached hydrogens (tertiary/aromatic N) is 3. The van der Waals surface area contributed by atoms with Crippen molar-refractivity contribution in [2.45, 2.75) is 6.54 Å². The number of hydrogen-bond donors (Lipinski definition) is 1. The van der Waals surface area contributed by atoms with Crippen molar-refractivity contribution in [3.8, 4) is 11.8 Å². The minimum atomic E-state index is -0.182. The second kappa shape index (κ2) is 6.73. The minimum Gasteiger partial charge on any atom is -0.384 e. The van der Waals surface area contributed by atoms with E-state index in [1.807, 2.05) is 24.3 Å². The summed E-state index contributed by atoms with van der Waals surface area (Å²) >= 11 is 0. The van der Waals surface area contributed by atoms with Crippen molar-refractivity contribution in [3.63, 3.8) is 0 Å². The van der Waals surface area contributed by atoms with Gasteiger partial charge in [-0.2, -0.15) is 0 Å². The molecule has 0 spiro atoms. The van der Waals surface area contributed by atoms with Crippen LogP contribution in [0.15, 0.2) is 36.8 Å². The summed E-state index contributed by atoms with van der Waals surface area (Å²) in [6.45, 7) is 0.262. The fourth-order valence-corrected chi connectivity index (χ4v) is 2.00.